The number of hydrogen-bond acceptors (Lipinski definition) is 5. The average Bonchev–Trinajstić information content (AvgIpc) is 3.18. The van der Waals surface area contributed by atoms with Gasteiger partial charge in [0.2, 0.25) is 0 Å². The number of carbonyl (C=O) groups is 1. The van der Waals surface area contributed by atoms with Gasteiger partial charge in [-0.05, 0) is 61.4 Å². The van der Waals surface area contributed by atoms with E-state index in [1.165, 1.54) is 4.31 Å². The van der Waals surface area contributed by atoms with Crippen molar-refractivity contribution >= 4 is 21.6 Å². The number of nitrogens with one attached hydrogen (secondary N) is 1. The molecule has 1 aliphatic rings. The van der Waals surface area contributed by atoms with Crippen LogP contribution in [0.5, 0.6) is 11.5 Å². The lowest BCUT2D eigenvalue weighted by Gasteiger charge is -2.24. The number of fused-ring (bicyclic) bond motifs is 1. The van der Waals surface area contributed by atoms with Gasteiger partial charge in [-0.15, -0.1) is 0 Å². The van der Waals surface area contributed by atoms with Crippen molar-refractivity contribution in [2.75, 3.05) is 18.5 Å². The Balaban J connectivity index is 1.56. The zero-order valence-corrected chi connectivity index (χ0v) is 19.6. The third kappa shape index (κ3) is 4.26. The quantitative estimate of drug-likeness (QED) is 0.573. The van der Waals surface area contributed by atoms with Gasteiger partial charge in [0.15, 0.2) is 0 Å². The van der Waals surface area contributed by atoms with Gasteiger partial charge in [0, 0.05) is 11.6 Å². The summed E-state index contributed by atoms with van der Waals surface area (Å²) < 4.78 is 38.7. The maximum Gasteiger partial charge on any atom is 0.264 e. The summed E-state index contributed by atoms with van der Waals surface area (Å²) in [5.74, 6) is 0.987. The predicted molar refractivity (Wildman–Crippen MR) is 126 cm³/mol. The molecule has 0 bridgehead atoms. The minimum Gasteiger partial charge on any atom is -0.496 e. The number of nitrogens with zero attached hydrogens (tertiary/aromatic N) is 1. The molecule has 8 heteroatoms. The van der Waals surface area contributed by atoms with Crippen LogP contribution in [0.3, 0.4) is 0 Å². The van der Waals surface area contributed by atoms with Crippen molar-refractivity contribution in [1.29, 1.82) is 0 Å². The fraction of sp³-hybridized carbons (Fsp3) is 0.240. The number of amides is 1. The molecule has 7 nitrogen and oxygen atoms in total. The van der Waals surface area contributed by atoms with Crippen molar-refractivity contribution < 1.29 is 22.7 Å². The standard InChI is InChI=1S/C25H26N2O5S/c1-17-14-19-15-18(25(28)26-16-21-23(31-2)10-7-11-24(21)32-3)12-13-22(19)27(17)33(29,30)20-8-5-4-6-9-20/h4-13,15,17H,14,16H2,1-3H3,(H,26,28). The van der Waals surface area contributed by atoms with Gasteiger partial charge in [-0.3, -0.25) is 9.10 Å². The maximum absolute atomic E-state index is 13.2. The van der Waals surface area contributed by atoms with Crippen LogP contribution in [0.4, 0.5) is 5.69 Å². The van der Waals surface area contributed by atoms with Gasteiger partial charge in [-0.1, -0.05) is 24.3 Å². The van der Waals surface area contributed by atoms with Gasteiger partial charge in [0.1, 0.15) is 11.5 Å². The number of hydrogen-bond donors (Lipinski definition) is 1. The van der Waals surface area contributed by atoms with E-state index in [2.05, 4.69) is 5.32 Å². The van der Waals surface area contributed by atoms with Crippen LogP contribution < -0.4 is 19.1 Å². The Morgan fingerprint density at radius 3 is 2.30 bits per heavy atom. The van der Waals surface area contributed by atoms with E-state index >= 15 is 0 Å². The van der Waals surface area contributed by atoms with E-state index in [0.717, 1.165) is 11.1 Å². The van der Waals surface area contributed by atoms with Crippen molar-refractivity contribution in [3.8, 4) is 11.5 Å². The molecule has 3 aromatic rings. The molecule has 0 spiro atoms. The number of anilines is 1. The Morgan fingerprint density at radius 1 is 1.00 bits per heavy atom. The molecule has 1 N–H and O–H groups in total. The summed E-state index contributed by atoms with van der Waals surface area (Å²) in [5.41, 5.74) is 2.64. The highest BCUT2D eigenvalue weighted by atomic mass is 32.2. The second kappa shape index (κ2) is 9.15. The zero-order chi connectivity index (χ0) is 23.6. The van der Waals surface area contributed by atoms with Crippen LogP contribution in [0.15, 0.2) is 71.6 Å². The second-order valence-corrected chi connectivity index (χ2v) is 9.65. The lowest BCUT2D eigenvalue weighted by molar-refractivity contribution is 0.0950. The Kier molecular flexibility index (Phi) is 6.29. The first-order valence-electron chi connectivity index (χ1n) is 10.6. The monoisotopic (exact) mass is 466 g/mol. The smallest absolute Gasteiger partial charge is 0.264 e. The van der Waals surface area contributed by atoms with Crippen molar-refractivity contribution in [3.63, 3.8) is 0 Å². The lowest BCUT2D eigenvalue weighted by Crippen LogP contribution is -2.35. The molecule has 4 rings (SSSR count). The Hall–Kier alpha value is -3.52. The van der Waals surface area contributed by atoms with Gasteiger partial charge in [-0.2, -0.15) is 0 Å². The van der Waals surface area contributed by atoms with Crippen LogP contribution in [0.1, 0.15) is 28.4 Å². The van der Waals surface area contributed by atoms with Crippen LogP contribution in [0, 0.1) is 0 Å². The third-order valence-electron chi connectivity index (χ3n) is 5.75. The van der Waals surface area contributed by atoms with Crippen LogP contribution in [0.2, 0.25) is 0 Å². The van der Waals surface area contributed by atoms with Crippen LogP contribution in [-0.4, -0.2) is 34.6 Å². The highest BCUT2D eigenvalue weighted by molar-refractivity contribution is 7.92. The van der Waals surface area contributed by atoms with Gasteiger partial charge in [-0.25, -0.2) is 8.42 Å². The highest BCUT2D eigenvalue weighted by Gasteiger charge is 2.36. The topological polar surface area (TPSA) is 84.9 Å². The number of carbonyl (C=O) groups excluding carboxylic acids is 1. The summed E-state index contributed by atoms with van der Waals surface area (Å²) in [4.78, 5) is 13.1. The van der Waals surface area contributed by atoms with Gasteiger partial charge in [0.05, 0.1) is 36.9 Å². The second-order valence-electron chi connectivity index (χ2n) is 7.83. The molecule has 1 unspecified atom stereocenters. The lowest BCUT2D eigenvalue weighted by atomic mass is 10.1. The predicted octanol–water partition coefficient (Wildman–Crippen LogP) is 3.77. The van der Waals surface area contributed by atoms with E-state index in [4.69, 9.17) is 9.47 Å². The number of sulfonamides is 1. The van der Waals surface area contributed by atoms with Crippen LogP contribution in [-0.2, 0) is 23.0 Å². The van der Waals surface area contributed by atoms with Gasteiger partial charge < -0.3 is 14.8 Å². The normalized spacial score (nSPS) is 15.1. The summed E-state index contributed by atoms with van der Waals surface area (Å²) >= 11 is 0. The van der Waals surface area contributed by atoms with Crippen molar-refractivity contribution in [2.45, 2.75) is 30.8 Å². The van der Waals surface area contributed by atoms with E-state index in [0.29, 0.717) is 29.2 Å². The highest BCUT2D eigenvalue weighted by Crippen LogP contribution is 2.37. The van der Waals surface area contributed by atoms with Crippen molar-refractivity contribution in [3.05, 3.63) is 83.4 Å². The molecule has 0 aliphatic carbocycles. The molecule has 3 aromatic carbocycles. The minimum atomic E-state index is -3.69. The molecule has 0 fully saturated rings. The molecule has 0 saturated heterocycles. The number of ether oxygens (including phenoxy) is 2. The Labute approximate surface area is 194 Å². The van der Waals surface area contributed by atoms with Crippen molar-refractivity contribution in [2.24, 2.45) is 0 Å². The molecule has 1 amide bonds. The molecule has 0 radical (unpaired) electrons. The Bertz CT molecular complexity index is 1250. The molecule has 1 atom stereocenters. The van der Waals surface area contributed by atoms with E-state index in [9.17, 15) is 13.2 Å². The minimum absolute atomic E-state index is 0.230. The number of methoxy groups -OCH3 is 2. The van der Waals surface area contributed by atoms with E-state index in [1.54, 1.807) is 62.8 Å². The van der Waals surface area contributed by atoms with Gasteiger partial charge >= 0.3 is 0 Å². The van der Waals surface area contributed by atoms with Crippen molar-refractivity contribution in [1.82, 2.24) is 5.32 Å². The number of benzene rings is 3. The molecule has 1 aliphatic heterocycles. The van der Waals surface area contributed by atoms with Gasteiger partial charge in [0.25, 0.3) is 15.9 Å². The SMILES string of the molecule is COc1cccc(OC)c1CNC(=O)c1ccc2c(c1)CC(C)N2S(=O)(=O)c1ccccc1. The zero-order valence-electron chi connectivity index (χ0n) is 18.7. The maximum atomic E-state index is 13.2. The van der Waals surface area contributed by atoms with E-state index < -0.39 is 10.0 Å². The first-order valence-corrected chi connectivity index (χ1v) is 12.0. The molecule has 0 saturated carbocycles. The average molecular weight is 467 g/mol. The largest absolute Gasteiger partial charge is 0.496 e. The first-order chi connectivity index (χ1) is 15.9. The molecule has 1 heterocycles. The summed E-state index contributed by atoms with van der Waals surface area (Å²) in [6.07, 6.45) is 0.531. The van der Waals surface area contributed by atoms with E-state index in [1.807, 2.05) is 25.1 Å². The molecular weight excluding hydrogens is 440 g/mol. The molecule has 172 valence electrons. The fourth-order valence-corrected chi connectivity index (χ4v) is 5.90. The molecular formula is C25H26N2O5S. The summed E-state index contributed by atoms with van der Waals surface area (Å²) in [7, 11) is -0.558. The van der Waals surface area contributed by atoms with Crippen LogP contribution in [0.25, 0.3) is 0 Å². The Morgan fingerprint density at radius 2 is 1.67 bits per heavy atom. The van der Waals surface area contributed by atoms with Crippen LogP contribution >= 0.6 is 0 Å². The fourth-order valence-electron chi connectivity index (χ4n) is 4.19. The third-order valence-corrected chi connectivity index (χ3v) is 7.69. The molecule has 33 heavy (non-hydrogen) atoms. The summed E-state index contributed by atoms with van der Waals surface area (Å²) in [6.45, 7) is 2.10. The number of rotatable bonds is 7. The summed E-state index contributed by atoms with van der Waals surface area (Å²) in [5, 5.41) is 2.90. The molecule has 0 aromatic heterocycles. The first kappa shape index (κ1) is 22.7. The van der Waals surface area contributed by atoms with E-state index in [-0.39, 0.29) is 23.4 Å². The summed E-state index contributed by atoms with van der Waals surface area (Å²) in [6, 6.07) is 18.7.